The van der Waals surface area contributed by atoms with E-state index >= 15 is 0 Å². The van der Waals surface area contributed by atoms with Crippen molar-refractivity contribution in [1.82, 2.24) is 4.90 Å². The van der Waals surface area contributed by atoms with Crippen molar-refractivity contribution in [2.75, 3.05) is 19.7 Å². The molecule has 1 aromatic carbocycles. The minimum Gasteiger partial charge on any atom is -0.367 e. The van der Waals surface area contributed by atoms with Crippen LogP contribution < -0.4 is 5.73 Å². The standard InChI is InChI=1S/C13H16N2O3/c1-9-3-2-4-10(7-9)13(17)15-5-6-18-11(8-15)12(14)16/h2-4,7,11H,5-6,8H2,1H3,(H2,14,16). The molecular weight excluding hydrogens is 232 g/mol. The molecule has 1 saturated heterocycles. The van der Waals surface area contributed by atoms with Crippen LogP contribution in [0.25, 0.3) is 0 Å². The maximum Gasteiger partial charge on any atom is 0.254 e. The number of amides is 2. The number of nitrogens with zero attached hydrogens (tertiary/aromatic N) is 1. The van der Waals surface area contributed by atoms with Crippen molar-refractivity contribution in [2.24, 2.45) is 5.73 Å². The molecular formula is C13H16N2O3. The van der Waals surface area contributed by atoms with E-state index in [1.54, 1.807) is 11.0 Å². The molecule has 1 fully saturated rings. The fraction of sp³-hybridized carbons (Fsp3) is 0.385. The second-order valence-corrected chi connectivity index (χ2v) is 4.38. The summed E-state index contributed by atoms with van der Waals surface area (Å²) in [7, 11) is 0. The third-order valence-corrected chi connectivity index (χ3v) is 2.94. The molecule has 0 bridgehead atoms. The van der Waals surface area contributed by atoms with Gasteiger partial charge in [-0.15, -0.1) is 0 Å². The molecule has 2 N–H and O–H groups in total. The molecule has 2 rings (SSSR count). The van der Waals surface area contributed by atoms with Crippen LogP contribution in [0.1, 0.15) is 15.9 Å². The monoisotopic (exact) mass is 248 g/mol. The average Bonchev–Trinajstić information content (AvgIpc) is 2.38. The summed E-state index contributed by atoms with van der Waals surface area (Å²) in [6.07, 6.45) is -0.701. The fourth-order valence-corrected chi connectivity index (χ4v) is 1.97. The number of aryl methyl sites for hydroxylation is 1. The van der Waals surface area contributed by atoms with Crippen LogP contribution >= 0.6 is 0 Å². The second kappa shape index (κ2) is 5.18. The van der Waals surface area contributed by atoms with Gasteiger partial charge in [-0.3, -0.25) is 9.59 Å². The largest absolute Gasteiger partial charge is 0.367 e. The number of hydrogen-bond donors (Lipinski definition) is 1. The van der Waals surface area contributed by atoms with Crippen LogP contribution in [0.5, 0.6) is 0 Å². The summed E-state index contributed by atoms with van der Waals surface area (Å²) in [6, 6.07) is 7.37. The van der Waals surface area contributed by atoms with Crippen LogP contribution in [0, 0.1) is 6.92 Å². The molecule has 1 unspecified atom stereocenters. The topological polar surface area (TPSA) is 72.6 Å². The quantitative estimate of drug-likeness (QED) is 0.819. The van der Waals surface area contributed by atoms with E-state index in [0.29, 0.717) is 18.7 Å². The first-order chi connectivity index (χ1) is 8.58. The number of rotatable bonds is 2. The number of carbonyl (C=O) groups is 2. The summed E-state index contributed by atoms with van der Waals surface area (Å²) in [5, 5.41) is 0. The number of hydrogen-bond acceptors (Lipinski definition) is 3. The van der Waals surface area contributed by atoms with Crippen molar-refractivity contribution in [2.45, 2.75) is 13.0 Å². The highest BCUT2D eigenvalue weighted by molar-refractivity contribution is 5.95. The minimum atomic E-state index is -0.701. The Hall–Kier alpha value is -1.88. The lowest BCUT2D eigenvalue weighted by Crippen LogP contribution is -2.50. The first kappa shape index (κ1) is 12.6. The Kier molecular flexibility index (Phi) is 3.62. The molecule has 0 radical (unpaired) electrons. The van der Waals surface area contributed by atoms with Crippen LogP contribution in [0.15, 0.2) is 24.3 Å². The van der Waals surface area contributed by atoms with Gasteiger partial charge in [-0.05, 0) is 19.1 Å². The number of morpholine rings is 1. The van der Waals surface area contributed by atoms with Gasteiger partial charge in [0.15, 0.2) is 6.10 Å². The summed E-state index contributed by atoms with van der Waals surface area (Å²) in [4.78, 5) is 24.9. The predicted octanol–water partition coefficient (Wildman–Crippen LogP) is 0.321. The van der Waals surface area contributed by atoms with E-state index in [9.17, 15) is 9.59 Å². The molecule has 96 valence electrons. The Balaban J connectivity index is 2.11. The lowest BCUT2D eigenvalue weighted by Gasteiger charge is -2.31. The van der Waals surface area contributed by atoms with E-state index in [1.165, 1.54) is 0 Å². The Morgan fingerprint density at radius 1 is 1.44 bits per heavy atom. The van der Waals surface area contributed by atoms with Crippen molar-refractivity contribution in [1.29, 1.82) is 0 Å². The first-order valence-electron chi connectivity index (χ1n) is 5.85. The predicted molar refractivity (Wildman–Crippen MR) is 66.0 cm³/mol. The van der Waals surface area contributed by atoms with Crippen LogP contribution in [0.4, 0.5) is 0 Å². The maximum absolute atomic E-state index is 12.2. The smallest absolute Gasteiger partial charge is 0.254 e. The van der Waals surface area contributed by atoms with Gasteiger partial charge >= 0.3 is 0 Å². The van der Waals surface area contributed by atoms with Crippen LogP contribution in [-0.4, -0.2) is 42.5 Å². The van der Waals surface area contributed by atoms with Crippen LogP contribution in [-0.2, 0) is 9.53 Å². The van der Waals surface area contributed by atoms with Gasteiger partial charge in [-0.2, -0.15) is 0 Å². The number of carbonyl (C=O) groups excluding carboxylic acids is 2. The van der Waals surface area contributed by atoms with Gasteiger partial charge in [0.25, 0.3) is 5.91 Å². The molecule has 0 saturated carbocycles. The molecule has 1 heterocycles. The van der Waals surface area contributed by atoms with Gasteiger partial charge in [0.2, 0.25) is 5.91 Å². The van der Waals surface area contributed by atoms with Crippen molar-refractivity contribution in [3.63, 3.8) is 0 Å². The molecule has 0 aliphatic carbocycles. The SMILES string of the molecule is Cc1cccc(C(=O)N2CCOC(C(N)=O)C2)c1. The Bertz CT molecular complexity index is 473. The van der Waals surface area contributed by atoms with Crippen molar-refractivity contribution in [3.8, 4) is 0 Å². The van der Waals surface area contributed by atoms with Gasteiger partial charge in [-0.25, -0.2) is 0 Å². The Labute approximate surface area is 106 Å². The second-order valence-electron chi connectivity index (χ2n) is 4.38. The highest BCUT2D eigenvalue weighted by Crippen LogP contribution is 2.12. The van der Waals surface area contributed by atoms with Gasteiger partial charge < -0.3 is 15.4 Å². The third-order valence-electron chi connectivity index (χ3n) is 2.94. The third kappa shape index (κ3) is 2.68. The van der Waals surface area contributed by atoms with Gasteiger partial charge in [0.05, 0.1) is 13.2 Å². The van der Waals surface area contributed by atoms with Crippen molar-refractivity contribution >= 4 is 11.8 Å². The molecule has 1 aromatic rings. The maximum atomic E-state index is 12.2. The minimum absolute atomic E-state index is 0.0896. The molecule has 0 aromatic heterocycles. The van der Waals surface area contributed by atoms with E-state index in [2.05, 4.69) is 0 Å². The molecule has 1 atom stereocenters. The molecule has 0 spiro atoms. The van der Waals surface area contributed by atoms with Crippen LogP contribution in [0.2, 0.25) is 0 Å². The lowest BCUT2D eigenvalue weighted by atomic mass is 10.1. The number of primary amides is 1. The summed E-state index contributed by atoms with van der Waals surface area (Å²) in [6.45, 7) is 2.98. The lowest BCUT2D eigenvalue weighted by molar-refractivity contribution is -0.133. The fourth-order valence-electron chi connectivity index (χ4n) is 1.97. The number of nitrogens with two attached hydrogens (primary N) is 1. The zero-order chi connectivity index (χ0) is 13.1. The molecule has 2 amide bonds. The Morgan fingerprint density at radius 2 is 2.22 bits per heavy atom. The van der Waals surface area contributed by atoms with E-state index in [0.717, 1.165) is 5.56 Å². The summed E-state index contributed by atoms with van der Waals surface area (Å²) in [5.74, 6) is -0.620. The van der Waals surface area contributed by atoms with Crippen LogP contribution in [0.3, 0.4) is 0 Å². The first-order valence-corrected chi connectivity index (χ1v) is 5.85. The zero-order valence-electron chi connectivity index (χ0n) is 10.3. The molecule has 5 heteroatoms. The van der Waals surface area contributed by atoms with Gasteiger partial charge in [-0.1, -0.05) is 17.7 Å². The number of benzene rings is 1. The van der Waals surface area contributed by atoms with Gasteiger partial charge in [0.1, 0.15) is 0 Å². The van der Waals surface area contributed by atoms with E-state index < -0.39 is 12.0 Å². The Morgan fingerprint density at radius 3 is 2.89 bits per heavy atom. The molecule has 1 aliphatic rings. The molecule has 1 aliphatic heterocycles. The normalized spacial score (nSPS) is 19.6. The van der Waals surface area contributed by atoms with E-state index in [-0.39, 0.29) is 12.5 Å². The highest BCUT2D eigenvalue weighted by Gasteiger charge is 2.28. The molecule has 5 nitrogen and oxygen atoms in total. The molecule has 18 heavy (non-hydrogen) atoms. The number of ether oxygens (including phenoxy) is 1. The summed E-state index contributed by atoms with van der Waals surface area (Å²) >= 11 is 0. The zero-order valence-corrected chi connectivity index (χ0v) is 10.3. The van der Waals surface area contributed by atoms with Crippen molar-refractivity contribution in [3.05, 3.63) is 35.4 Å². The van der Waals surface area contributed by atoms with E-state index in [4.69, 9.17) is 10.5 Å². The average molecular weight is 248 g/mol. The van der Waals surface area contributed by atoms with E-state index in [1.807, 2.05) is 25.1 Å². The summed E-state index contributed by atoms with van der Waals surface area (Å²) < 4.78 is 5.21. The van der Waals surface area contributed by atoms with Gasteiger partial charge in [0, 0.05) is 12.1 Å². The highest BCUT2D eigenvalue weighted by atomic mass is 16.5. The van der Waals surface area contributed by atoms with Crippen molar-refractivity contribution < 1.29 is 14.3 Å². The summed E-state index contributed by atoms with van der Waals surface area (Å²) in [5.41, 5.74) is 6.84.